The van der Waals surface area contributed by atoms with Crippen LogP contribution in [0.3, 0.4) is 0 Å². The summed E-state index contributed by atoms with van der Waals surface area (Å²) in [6.45, 7) is 0.948. The van der Waals surface area contributed by atoms with Gasteiger partial charge >= 0.3 is 0 Å². The van der Waals surface area contributed by atoms with Crippen molar-refractivity contribution in [2.75, 3.05) is 13.1 Å². The van der Waals surface area contributed by atoms with E-state index in [2.05, 4.69) is 10.6 Å². The van der Waals surface area contributed by atoms with E-state index in [-0.39, 0.29) is 19.0 Å². The summed E-state index contributed by atoms with van der Waals surface area (Å²) in [7, 11) is 0. The predicted molar refractivity (Wildman–Crippen MR) is 57.2 cm³/mol. The minimum absolute atomic E-state index is 0.0752. The maximum Gasteiger partial charge on any atom is 0.234 e. The third kappa shape index (κ3) is 4.93. The molecule has 0 bridgehead atoms. The van der Waals surface area contributed by atoms with Crippen LogP contribution in [0.2, 0.25) is 0 Å². The Hall–Kier alpha value is -1.68. The molecule has 0 saturated carbocycles. The van der Waals surface area contributed by atoms with Crippen molar-refractivity contribution in [3.63, 3.8) is 0 Å². The molecule has 0 saturated heterocycles. The van der Waals surface area contributed by atoms with Gasteiger partial charge in [-0.15, -0.1) is 0 Å². The fourth-order valence-corrected chi connectivity index (χ4v) is 1.13. The van der Waals surface area contributed by atoms with E-state index in [0.717, 1.165) is 5.56 Å². The second-order valence-corrected chi connectivity index (χ2v) is 3.06. The molecule has 0 aliphatic carbocycles. The van der Waals surface area contributed by atoms with Crippen molar-refractivity contribution in [2.24, 2.45) is 0 Å². The molecule has 80 valence electrons. The van der Waals surface area contributed by atoms with Crippen molar-refractivity contribution in [1.29, 1.82) is 0 Å². The first-order valence-electron chi connectivity index (χ1n) is 4.78. The summed E-state index contributed by atoms with van der Waals surface area (Å²) in [5.74, 6) is -0.168. The number of rotatable bonds is 6. The van der Waals surface area contributed by atoms with Gasteiger partial charge in [0.25, 0.3) is 0 Å². The van der Waals surface area contributed by atoms with Gasteiger partial charge in [-0.3, -0.25) is 4.79 Å². The smallest absolute Gasteiger partial charge is 0.234 e. The van der Waals surface area contributed by atoms with E-state index in [1.807, 2.05) is 30.3 Å². The number of hydrogen-bond acceptors (Lipinski definition) is 3. The fourth-order valence-electron chi connectivity index (χ4n) is 1.13. The standard InChI is InChI=1S/C11H14N2O2/c14-7-6-13-11(15)9-12-8-10-4-2-1-3-5-10/h1-5,7,12H,6,8-9H2,(H,13,15). The van der Waals surface area contributed by atoms with Gasteiger partial charge in [0.05, 0.1) is 13.1 Å². The number of benzene rings is 1. The van der Waals surface area contributed by atoms with E-state index in [9.17, 15) is 9.59 Å². The van der Waals surface area contributed by atoms with Crippen LogP contribution in [0.4, 0.5) is 0 Å². The van der Waals surface area contributed by atoms with Gasteiger partial charge in [-0.25, -0.2) is 0 Å². The molecule has 1 rings (SSSR count). The third-order valence-electron chi connectivity index (χ3n) is 1.84. The Bertz CT molecular complexity index is 312. The fraction of sp³-hybridized carbons (Fsp3) is 0.273. The zero-order valence-electron chi connectivity index (χ0n) is 8.40. The Morgan fingerprint density at radius 2 is 2.00 bits per heavy atom. The summed E-state index contributed by atoms with van der Waals surface area (Å²) in [5.41, 5.74) is 1.13. The lowest BCUT2D eigenvalue weighted by Gasteiger charge is -2.04. The van der Waals surface area contributed by atoms with Gasteiger partial charge in [0.2, 0.25) is 5.91 Å². The molecule has 4 nitrogen and oxygen atoms in total. The Kier molecular flexibility index (Phi) is 5.11. The first kappa shape index (κ1) is 11.4. The number of aldehydes is 1. The van der Waals surface area contributed by atoms with Crippen molar-refractivity contribution in [1.82, 2.24) is 10.6 Å². The van der Waals surface area contributed by atoms with E-state index in [4.69, 9.17) is 0 Å². The minimum Gasteiger partial charge on any atom is -0.348 e. The van der Waals surface area contributed by atoms with Crippen molar-refractivity contribution < 1.29 is 9.59 Å². The Balaban J connectivity index is 2.16. The molecule has 0 radical (unpaired) electrons. The van der Waals surface area contributed by atoms with E-state index >= 15 is 0 Å². The number of nitrogens with one attached hydrogen (secondary N) is 2. The molecular weight excluding hydrogens is 192 g/mol. The molecule has 0 aromatic heterocycles. The molecule has 1 amide bonds. The quantitative estimate of drug-likeness (QED) is 0.649. The molecule has 2 N–H and O–H groups in total. The number of carbonyl (C=O) groups excluding carboxylic acids is 2. The normalized spacial score (nSPS) is 9.60. The van der Waals surface area contributed by atoms with Crippen LogP contribution in [-0.4, -0.2) is 25.3 Å². The molecule has 1 aromatic carbocycles. The molecule has 0 fully saturated rings. The molecule has 0 atom stereocenters. The molecule has 1 aromatic rings. The molecule has 15 heavy (non-hydrogen) atoms. The van der Waals surface area contributed by atoms with Crippen LogP contribution >= 0.6 is 0 Å². The zero-order chi connectivity index (χ0) is 10.9. The molecule has 0 heterocycles. The summed E-state index contributed by atoms with van der Waals surface area (Å²) in [5, 5.41) is 5.43. The lowest BCUT2D eigenvalue weighted by Crippen LogP contribution is -2.34. The minimum atomic E-state index is -0.168. The summed E-state index contributed by atoms with van der Waals surface area (Å²) in [6.07, 6.45) is 0.662. The van der Waals surface area contributed by atoms with E-state index in [1.165, 1.54) is 0 Å². The molecular formula is C11H14N2O2. The maximum atomic E-state index is 11.1. The highest BCUT2D eigenvalue weighted by atomic mass is 16.2. The largest absolute Gasteiger partial charge is 0.348 e. The van der Waals surface area contributed by atoms with Crippen molar-refractivity contribution in [3.8, 4) is 0 Å². The van der Waals surface area contributed by atoms with Gasteiger partial charge in [0.1, 0.15) is 6.29 Å². The van der Waals surface area contributed by atoms with Crippen LogP contribution in [0.5, 0.6) is 0 Å². The lowest BCUT2D eigenvalue weighted by atomic mass is 10.2. The van der Waals surface area contributed by atoms with Gasteiger partial charge in [0.15, 0.2) is 0 Å². The van der Waals surface area contributed by atoms with Crippen LogP contribution in [-0.2, 0) is 16.1 Å². The van der Waals surface area contributed by atoms with E-state index in [1.54, 1.807) is 0 Å². The zero-order valence-corrected chi connectivity index (χ0v) is 8.40. The maximum absolute atomic E-state index is 11.1. The number of carbonyl (C=O) groups is 2. The Labute approximate surface area is 88.7 Å². The summed E-state index contributed by atoms with van der Waals surface area (Å²) >= 11 is 0. The van der Waals surface area contributed by atoms with E-state index < -0.39 is 0 Å². The predicted octanol–water partition coefficient (Wildman–Crippen LogP) is 0.0913. The highest BCUT2D eigenvalue weighted by Gasteiger charge is 1.98. The molecule has 0 aliphatic heterocycles. The van der Waals surface area contributed by atoms with Crippen LogP contribution < -0.4 is 10.6 Å². The highest BCUT2D eigenvalue weighted by molar-refractivity contribution is 5.80. The van der Waals surface area contributed by atoms with Crippen molar-refractivity contribution >= 4 is 12.2 Å². The van der Waals surface area contributed by atoms with Crippen LogP contribution in [0.25, 0.3) is 0 Å². The average molecular weight is 206 g/mol. The van der Waals surface area contributed by atoms with Crippen molar-refractivity contribution in [2.45, 2.75) is 6.54 Å². The first-order chi connectivity index (χ1) is 7.33. The third-order valence-corrected chi connectivity index (χ3v) is 1.84. The highest BCUT2D eigenvalue weighted by Crippen LogP contribution is 1.96. The lowest BCUT2D eigenvalue weighted by molar-refractivity contribution is -0.121. The van der Waals surface area contributed by atoms with Gasteiger partial charge in [-0.1, -0.05) is 30.3 Å². The molecule has 0 unspecified atom stereocenters. The van der Waals surface area contributed by atoms with Crippen LogP contribution in [0.15, 0.2) is 30.3 Å². The first-order valence-corrected chi connectivity index (χ1v) is 4.78. The van der Waals surface area contributed by atoms with Gasteiger partial charge < -0.3 is 15.4 Å². The second-order valence-electron chi connectivity index (χ2n) is 3.06. The molecule has 0 spiro atoms. The Morgan fingerprint density at radius 1 is 1.27 bits per heavy atom. The summed E-state index contributed by atoms with van der Waals surface area (Å²) in [4.78, 5) is 21.0. The average Bonchev–Trinajstić information content (AvgIpc) is 2.28. The SMILES string of the molecule is O=CCNC(=O)CNCc1ccccc1. The van der Waals surface area contributed by atoms with Gasteiger partial charge in [-0.2, -0.15) is 0 Å². The van der Waals surface area contributed by atoms with E-state index in [0.29, 0.717) is 12.8 Å². The summed E-state index contributed by atoms with van der Waals surface area (Å²) < 4.78 is 0. The van der Waals surface area contributed by atoms with Gasteiger partial charge in [0, 0.05) is 6.54 Å². The molecule has 0 aliphatic rings. The monoisotopic (exact) mass is 206 g/mol. The second kappa shape index (κ2) is 6.73. The number of amides is 1. The van der Waals surface area contributed by atoms with Crippen molar-refractivity contribution in [3.05, 3.63) is 35.9 Å². The topological polar surface area (TPSA) is 58.2 Å². The molecule has 4 heteroatoms. The van der Waals surface area contributed by atoms with Crippen LogP contribution in [0.1, 0.15) is 5.56 Å². The Morgan fingerprint density at radius 3 is 2.67 bits per heavy atom. The van der Waals surface area contributed by atoms with Crippen LogP contribution in [0, 0.1) is 0 Å². The van der Waals surface area contributed by atoms with Gasteiger partial charge in [-0.05, 0) is 5.56 Å². The number of hydrogen-bond donors (Lipinski definition) is 2. The summed E-state index contributed by atoms with van der Waals surface area (Å²) in [6, 6.07) is 9.81.